The number of amides is 1. The van der Waals surface area contributed by atoms with E-state index in [1.807, 2.05) is 13.8 Å². The number of likely N-dealkylation sites (N-methyl/N-ethyl adjacent to an activating group) is 1. The van der Waals surface area contributed by atoms with Crippen LogP contribution in [0.4, 0.5) is 5.82 Å². The third-order valence-corrected chi connectivity index (χ3v) is 3.69. The number of anilines is 1. The number of Topliss-reactive ketones (excluding diaryl/α,β-unsaturated/α-hetero) is 1. The number of nitrogens with zero attached hydrogens (tertiary/aromatic N) is 2. The Bertz CT molecular complexity index is 732. The summed E-state index contributed by atoms with van der Waals surface area (Å²) in [5.74, 6) is -0.132. The van der Waals surface area contributed by atoms with Gasteiger partial charge in [-0.3, -0.25) is 9.59 Å². The predicted molar refractivity (Wildman–Crippen MR) is 97.7 cm³/mol. The van der Waals surface area contributed by atoms with Crippen molar-refractivity contribution in [3.63, 3.8) is 0 Å². The number of ketones is 1. The smallest absolute Gasteiger partial charge is 0.271 e. The lowest BCUT2D eigenvalue weighted by Crippen LogP contribution is -2.34. The van der Waals surface area contributed by atoms with Gasteiger partial charge in [0.25, 0.3) is 5.91 Å². The van der Waals surface area contributed by atoms with Crippen LogP contribution in [0.2, 0.25) is 5.02 Å². The molecule has 0 saturated heterocycles. The SMILES string of the molecule is C=C(C(=O)NC(C(=CC)C(C)=O)=C(C)C)N(C)c1ncccc1Cl. The minimum absolute atomic E-state index is 0.124. The van der Waals surface area contributed by atoms with E-state index >= 15 is 0 Å². The molecule has 0 aromatic carbocycles. The molecule has 1 aromatic rings. The van der Waals surface area contributed by atoms with Crippen LogP contribution in [-0.4, -0.2) is 23.7 Å². The lowest BCUT2D eigenvalue weighted by atomic mass is 10.0. The Labute approximate surface area is 147 Å². The number of rotatable bonds is 6. The van der Waals surface area contributed by atoms with E-state index < -0.39 is 5.91 Å². The monoisotopic (exact) mass is 347 g/mol. The van der Waals surface area contributed by atoms with Crippen molar-refractivity contribution in [1.82, 2.24) is 10.3 Å². The average molecular weight is 348 g/mol. The lowest BCUT2D eigenvalue weighted by molar-refractivity contribution is -0.116. The molecule has 0 radical (unpaired) electrons. The summed E-state index contributed by atoms with van der Waals surface area (Å²) in [5, 5.41) is 3.17. The molecular weight excluding hydrogens is 326 g/mol. The van der Waals surface area contributed by atoms with Crippen molar-refractivity contribution in [1.29, 1.82) is 0 Å². The highest BCUT2D eigenvalue weighted by Gasteiger charge is 2.20. The molecule has 0 fully saturated rings. The Morgan fingerprint density at radius 3 is 2.42 bits per heavy atom. The summed E-state index contributed by atoms with van der Waals surface area (Å²) in [7, 11) is 1.65. The Morgan fingerprint density at radius 1 is 1.33 bits per heavy atom. The fourth-order valence-corrected chi connectivity index (χ4v) is 2.32. The third-order valence-electron chi connectivity index (χ3n) is 3.40. The van der Waals surface area contributed by atoms with E-state index in [9.17, 15) is 9.59 Å². The van der Waals surface area contributed by atoms with Gasteiger partial charge in [0.2, 0.25) is 0 Å². The maximum Gasteiger partial charge on any atom is 0.271 e. The highest BCUT2D eigenvalue weighted by atomic mass is 35.5. The molecule has 1 N–H and O–H groups in total. The van der Waals surface area contributed by atoms with E-state index in [2.05, 4.69) is 16.9 Å². The third kappa shape index (κ3) is 4.55. The first kappa shape index (κ1) is 19.6. The number of hydrogen-bond acceptors (Lipinski definition) is 4. The molecule has 0 aliphatic rings. The molecular formula is C18H22ClN3O2. The summed E-state index contributed by atoms with van der Waals surface area (Å²) in [4.78, 5) is 29.9. The molecule has 0 aliphatic carbocycles. The highest BCUT2D eigenvalue weighted by Crippen LogP contribution is 2.24. The molecule has 128 valence electrons. The Morgan fingerprint density at radius 2 is 1.96 bits per heavy atom. The summed E-state index contributed by atoms with van der Waals surface area (Å²) >= 11 is 6.10. The summed E-state index contributed by atoms with van der Waals surface area (Å²) < 4.78 is 0. The number of halogens is 1. The van der Waals surface area contributed by atoms with Crippen molar-refractivity contribution >= 4 is 29.1 Å². The van der Waals surface area contributed by atoms with Crippen LogP contribution in [0.5, 0.6) is 0 Å². The van der Waals surface area contributed by atoms with Crippen LogP contribution in [0.25, 0.3) is 0 Å². The Hall–Kier alpha value is -2.40. The number of carbonyl (C=O) groups excluding carboxylic acids is 2. The highest BCUT2D eigenvalue weighted by molar-refractivity contribution is 6.33. The predicted octanol–water partition coefficient (Wildman–Crippen LogP) is 3.63. The minimum Gasteiger partial charge on any atom is -0.324 e. The zero-order chi connectivity index (χ0) is 18.4. The first-order valence-electron chi connectivity index (χ1n) is 7.40. The standard InChI is InChI=1S/C18H22ClN3O2/c1-7-14(13(5)23)16(11(2)3)21-18(24)12(4)22(6)17-15(19)9-8-10-20-17/h7-10H,4H2,1-3,5-6H3,(H,21,24). The van der Waals surface area contributed by atoms with Crippen LogP contribution in [0.15, 0.2) is 53.5 Å². The molecule has 1 rings (SSSR count). The van der Waals surface area contributed by atoms with Gasteiger partial charge in [-0.1, -0.05) is 29.8 Å². The van der Waals surface area contributed by atoms with Crippen molar-refractivity contribution in [2.24, 2.45) is 0 Å². The van der Waals surface area contributed by atoms with Crippen LogP contribution in [0.3, 0.4) is 0 Å². The summed E-state index contributed by atoms with van der Waals surface area (Å²) in [6.07, 6.45) is 3.26. The molecule has 5 nitrogen and oxygen atoms in total. The minimum atomic E-state index is -0.434. The van der Waals surface area contributed by atoms with Crippen molar-refractivity contribution < 1.29 is 9.59 Å². The van der Waals surface area contributed by atoms with Crippen molar-refractivity contribution in [3.8, 4) is 0 Å². The van der Waals surface area contributed by atoms with Gasteiger partial charge >= 0.3 is 0 Å². The number of hydrogen-bond donors (Lipinski definition) is 1. The molecule has 1 aromatic heterocycles. The van der Waals surface area contributed by atoms with Crippen LogP contribution >= 0.6 is 11.6 Å². The van der Waals surface area contributed by atoms with E-state index in [0.29, 0.717) is 22.1 Å². The summed E-state index contributed by atoms with van der Waals surface area (Å²) in [6, 6.07) is 3.38. The fraction of sp³-hybridized carbons (Fsp3) is 0.278. The lowest BCUT2D eigenvalue weighted by Gasteiger charge is -2.22. The molecule has 0 aliphatic heterocycles. The Balaban J connectivity index is 3.05. The zero-order valence-electron chi connectivity index (χ0n) is 14.6. The molecule has 24 heavy (non-hydrogen) atoms. The topological polar surface area (TPSA) is 62.3 Å². The van der Waals surface area contributed by atoms with Crippen LogP contribution < -0.4 is 10.2 Å². The maximum atomic E-state index is 12.5. The maximum absolute atomic E-state index is 12.5. The van der Waals surface area contributed by atoms with Gasteiger partial charge in [0, 0.05) is 18.8 Å². The quantitative estimate of drug-likeness (QED) is 0.630. The van der Waals surface area contributed by atoms with Gasteiger partial charge in [0.15, 0.2) is 11.6 Å². The molecule has 0 saturated carbocycles. The second-order valence-electron chi connectivity index (χ2n) is 5.40. The number of allylic oxidation sites excluding steroid dienone is 3. The van der Waals surface area contributed by atoms with E-state index in [0.717, 1.165) is 5.57 Å². The molecule has 6 heteroatoms. The van der Waals surface area contributed by atoms with Crippen LogP contribution in [0.1, 0.15) is 27.7 Å². The van der Waals surface area contributed by atoms with E-state index in [4.69, 9.17) is 11.6 Å². The molecule has 0 unspecified atom stereocenters. The molecule has 0 bridgehead atoms. The fourth-order valence-electron chi connectivity index (χ4n) is 2.08. The normalized spacial score (nSPS) is 10.8. The van der Waals surface area contributed by atoms with Gasteiger partial charge < -0.3 is 10.2 Å². The van der Waals surface area contributed by atoms with Crippen molar-refractivity contribution in [2.75, 3.05) is 11.9 Å². The number of aromatic nitrogens is 1. The van der Waals surface area contributed by atoms with Gasteiger partial charge in [0.05, 0.1) is 10.7 Å². The second kappa shape index (κ2) is 8.45. The average Bonchev–Trinajstić information content (AvgIpc) is 2.53. The van der Waals surface area contributed by atoms with E-state index in [1.54, 1.807) is 38.4 Å². The molecule has 1 heterocycles. The van der Waals surface area contributed by atoms with Gasteiger partial charge in [-0.2, -0.15) is 0 Å². The van der Waals surface area contributed by atoms with Crippen LogP contribution in [0, 0.1) is 0 Å². The van der Waals surface area contributed by atoms with E-state index in [1.165, 1.54) is 11.8 Å². The Kier molecular flexibility index (Phi) is 6.92. The molecule has 0 spiro atoms. The first-order valence-corrected chi connectivity index (χ1v) is 7.78. The van der Waals surface area contributed by atoms with E-state index in [-0.39, 0.29) is 11.5 Å². The summed E-state index contributed by atoms with van der Waals surface area (Å²) in [5.41, 5.74) is 1.91. The first-order chi connectivity index (χ1) is 11.2. The number of carbonyl (C=O) groups is 2. The van der Waals surface area contributed by atoms with Gasteiger partial charge in [-0.15, -0.1) is 0 Å². The molecule has 1 amide bonds. The van der Waals surface area contributed by atoms with Crippen molar-refractivity contribution in [3.05, 3.63) is 58.5 Å². The van der Waals surface area contributed by atoms with Crippen molar-refractivity contribution in [2.45, 2.75) is 27.7 Å². The van der Waals surface area contributed by atoms with Crippen LogP contribution in [-0.2, 0) is 9.59 Å². The van der Waals surface area contributed by atoms with Gasteiger partial charge in [-0.25, -0.2) is 4.98 Å². The zero-order valence-corrected chi connectivity index (χ0v) is 15.4. The number of pyridine rings is 1. The largest absolute Gasteiger partial charge is 0.324 e. The molecule has 0 atom stereocenters. The van der Waals surface area contributed by atoms with Gasteiger partial charge in [0.1, 0.15) is 5.70 Å². The van der Waals surface area contributed by atoms with Gasteiger partial charge in [-0.05, 0) is 39.8 Å². The second-order valence-corrected chi connectivity index (χ2v) is 5.81. The summed E-state index contributed by atoms with van der Waals surface area (Å²) in [6.45, 7) is 10.7. The number of nitrogens with one attached hydrogen (secondary N) is 1.